The Labute approximate surface area is 186 Å². The molecular formula is C23H27N5O4. The smallest absolute Gasteiger partial charge is 0.270 e. The third-order valence-corrected chi connectivity index (χ3v) is 5.81. The Hall–Kier alpha value is -3.30. The number of piperazine rings is 1. The highest BCUT2D eigenvalue weighted by atomic mass is 16.6. The van der Waals surface area contributed by atoms with Crippen LogP contribution in [0.1, 0.15) is 19.2 Å². The molecule has 0 saturated carbocycles. The van der Waals surface area contributed by atoms with Crippen LogP contribution in [0, 0.1) is 10.1 Å². The summed E-state index contributed by atoms with van der Waals surface area (Å²) < 4.78 is 6.89. The highest BCUT2D eigenvalue weighted by Crippen LogP contribution is 2.22. The summed E-state index contributed by atoms with van der Waals surface area (Å²) in [7, 11) is 1.57. The SMILES string of the molecule is CCCN1CCN(Cc2nc3ccc([N+](=O)[O-])cc3c(=O)n2-c2cccc(OC)c2)CC1. The van der Waals surface area contributed by atoms with Gasteiger partial charge in [-0.25, -0.2) is 4.98 Å². The molecule has 0 atom stereocenters. The van der Waals surface area contributed by atoms with Gasteiger partial charge in [-0.15, -0.1) is 0 Å². The molecule has 1 aliphatic heterocycles. The lowest BCUT2D eigenvalue weighted by atomic mass is 10.2. The topological polar surface area (TPSA) is 93.7 Å². The van der Waals surface area contributed by atoms with Crippen molar-refractivity contribution in [3.05, 3.63) is 68.8 Å². The third-order valence-electron chi connectivity index (χ3n) is 5.81. The van der Waals surface area contributed by atoms with Crippen molar-refractivity contribution in [3.63, 3.8) is 0 Å². The Kier molecular flexibility index (Phi) is 6.48. The van der Waals surface area contributed by atoms with Crippen molar-refractivity contribution >= 4 is 16.6 Å². The predicted molar refractivity (Wildman–Crippen MR) is 123 cm³/mol. The number of nitro benzene ring substituents is 1. The molecule has 0 aliphatic carbocycles. The fraction of sp³-hybridized carbons (Fsp3) is 0.391. The lowest BCUT2D eigenvalue weighted by Crippen LogP contribution is -2.46. The van der Waals surface area contributed by atoms with Gasteiger partial charge in [0.2, 0.25) is 0 Å². The molecule has 32 heavy (non-hydrogen) atoms. The van der Waals surface area contributed by atoms with Crippen LogP contribution in [-0.2, 0) is 6.54 Å². The summed E-state index contributed by atoms with van der Waals surface area (Å²) in [4.78, 5) is 33.8. The molecule has 168 valence electrons. The van der Waals surface area contributed by atoms with Gasteiger partial charge in [0.1, 0.15) is 11.6 Å². The van der Waals surface area contributed by atoms with E-state index >= 15 is 0 Å². The second-order valence-corrected chi connectivity index (χ2v) is 7.95. The zero-order chi connectivity index (χ0) is 22.7. The number of fused-ring (bicyclic) bond motifs is 1. The first-order valence-corrected chi connectivity index (χ1v) is 10.8. The Bertz CT molecular complexity index is 1180. The lowest BCUT2D eigenvalue weighted by Gasteiger charge is -2.34. The van der Waals surface area contributed by atoms with E-state index in [1.165, 1.54) is 12.1 Å². The van der Waals surface area contributed by atoms with Crippen LogP contribution >= 0.6 is 0 Å². The van der Waals surface area contributed by atoms with E-state index in [1.807, 2.05) is 12.1 Å². The Morgan fingerprint density at radius 2 is 1.84 bits per heavy atom. The van der Waals surface area contributed by atoms with Crippen molar-refractivity contribution in [2.75, 3.05) is 39.8 Å². The van der Waals surface area contributed by atoms with E-state index in [1.54, 1.807) is 29.9 Å². The minimum absolute atomic E-state index is 0.131. The number of hydrogen-bond acceptors (Lipinski definition) is 7. The zero-order valence-electron chi connectivity index (χ0n) is 18.4. The van der Waals surface area contributed by atoms with Crippen LogP contribution in [-0.4, -0.2) is 64.1 Å². The van der Waals surface area contributed by atoms with Crippen LogP contribution < -0.4 is 10.3 Å². The van der Waals surface area contributed by atoms with Gasteiger partial charge in [0.25, 0.3) is 11.2 Å². The third kappa shape index (κ3) is 4.49. The minimum atomic E-state index is -0.502. The number of nitro groups is 1. The second-order valence-electron chi connectivity index (χ2n) is 7.95. The number of rotatable bonds is 7. The molecule has 0 N–H and O–H groups in total. The number of nitrogens with zero attached hydrogens (tertiary/aromatic N) is 5. The Morgan fingerprint density at radius 1 is 1.09 bits per heavy atom. The summed E-state index contributed by atoms with van der Waals surface area (Å²) in [5, 5.41) is 11.5. The number of ether oxygens (including phenoxy) is 1. The molecule has 1 aliphatic rings. The average molecular weight is 438 g/mol. The molecule has 9 heteroatoms. The van der Waals surface area contributed by atoms with Crippen LogP contribution in [0.5, 0.6) is 5.75 Å². The van der Waals surface area contributed by atoms with Crippen LogP contribution in [0.4, 0.5) is 5.69 Å². The molecule has 9 nitrogen and oxygen atoms in total. The van der Waals surface area contributed by atoms with Gasteiger partial charge >= 0.3 is 0 Å². The van der Waals surface area contributed by atoms with Crippen molar-refractivity contribution in [2.45, 2.75) is 19.9 Å². The standard InChI is InChI=1S/C23H27N5O4/c1-3-9-25-10-12-26(13-11-25)16-22-24-21-8-7-18(28(30)31)15-20(21)23(29)27(22)17-5-4-6-19(14-17)32-2/h4-8,14-15H,3,9-13,16H2,1-2H3. The fourth-order valence-corrected chi connectivity index (χ4v) is 4.14. The van der Waals surface area contributed by atoms with Crippen molar-refractivity contribution in [3.8, 4) is 11.4 Å². The molecule has 0 spiro atoms. The number of aromatic nitrogens is 2. The first-order chi connectivity index (χ1) is 15.5. The molecule has 0 unspecified atom stereocenters. The van der Waals surface area contributed by atoms with E-state index in [0.29, 0.717) is 29.3 Å². The van der Waals surface area contributed by atoms with E-state index in [2.05, 4.69) is 16.7 Å². The second kappa shape index (κ2) is 9.46. The maximum Gasteiger partial charge on any atom is 0.270 e. The summed E-state index contributed by atoms with van der Waals surface area (Å²) in [6.07, 6.45) is 1.13. The average Bonchev–Trinajstić information content (AvgIpc) is 2.80. The normalized spacial score (nSPS) is 15.2. The van der Waals surface area contributed by atoms with Crippen LogP contribution in [0.2, 0.25) is 0 Å². The molecule has 1 aromatic heterocycles. The first-order valence-electron chi connectivity index (χ1n) is 10.8. The summed E-state index contributed by atoms with van der Waals surface area (Å²) in [5.41, 5.74) is 0.620. The van der Waals surface area contributed by atoms with E-state index < -0.39 is 4.92 Å². The highest BCUT2D eigenvalue weighted by Gasteiger charge is 2.21. The monoisotopic (exact) mass is 437 g/mol. The first kappa shape index (κ1) is 21.9. The summed E-state index contributed by atoms with van der Waals surface area (Å²) in [6, 6.07) is 11.4. The van der Waals surface area contributed by atoms with E-state index in [0.717, 1.165) is 39.1 Å². The quantitative estimate of drug-likeness (QED) is 0.414. The van der Waals surface area contributed by atoms with Gasteiger partial charge < -0.3 is 9.64 Å². The summed E-state index contributed by atoms with van der Waals surface area (Å²) in [5.74, 6) is 1.22. The fourth-order valence-electron chi connectivity index (χ4n) is 4.14. The Morgan fingerprint density at radius 3 is 2.53 bits per heavy atom. The lowest BCUT2D eigenvalue weighted by molar-refractivity contribution is -0.384. The number of non-ortho nitro benzene ring substituents is 1. The maximum absolute atomic E-state index is 13.5. The highest BCUT2D eigenvalue weighted by molar-refractivity contribution is 5.80. The molecule has 0 amide bonds. The van der Waals surface area contributed by atoms with Crippen molar-refractivity contribution in [1.82, 2.24) is 19.4 Å². The van der Waals surface area contributed by atoms with Crippen molar-refractivity contribution in [2.24, 2.45) is 0 Å². The molecule has 4 rings (SSSR count). The van der Waals surface area contributed by atoms with E-state index in [-0.39, 0.29) is 16.6 Å². The van der Waals surface area contributed by atoms with Crippen molar-refractivity contribution < 1.29 is 9.66 Å². The largest absolute Gasteiger partial charge is 0.497 e. The van der Waals surface area contributed by atoms with E-state index in [4.69, 9.17) is 9.72 Å². The van der Waals surface area contributed by atoms with Gasteiger partial charge in [-0.1, -0.05) is 13.0 Å². The summed E-state index contributed by atoms with van der Waals surface area (Å²) >= 11 is 0. The van der Waals surface area contributed by atoms with Gasteiger partial charge in [0.05, 0.1) is 35.2 Å². The van der Waals surface area contributed by atoms with Crippen molar-refractivity contribution in [1.29, 1.82) is 0 Å². The van der Waals surface area contributed by atoms with Crippen LogP contribution in [0.3, 0.4) is 0 Å². The molecule has 3 aromatic rings. The Balaban J connectivity index is 1.79. The van der Waals surface area contributed by atoms with Gasteiger partial charge in [-0.2, -0.15) is 0 Å². The zero-order valence-corrected chi connectivity index (χ0v) is 18.4. The predicted octanol–water partition coefficient (Wildman–Crippen LogP) is 2.83. The van der Waals surface area contributed by atoms with Gasteiger partial charge in [-0.05, 0) is 31.2 Å². The molecule has 2 heterocycles. The maximum atomic E-state index is 13.5. The molecule has 0 radical (unpaired) electrons. The van der Waals surface area contributed by atoms with Gasteiger partial charge in [0, 0.05) is 44.4 Å². The number of benzene rings is 2. The van der Waals surface area contributed by atoms with Crippen LogP contribution in [0.25, 0.3) is 16.6 Å². The molecule has 1 fully saturated rings. The van der Waals surface area contributed by atoms with Gasteiger partial charge in [0.15, 0.2) is 0 Å². The number of methoxy groups -OCH3 is 1. The molecule has 1 saturated heterocycles. The number of hydrogen-bond donors (Lipinski definition) is 0. The van der Waals surface area contributed by atoms with Crippen LogP contribution in [0.15, 0.2) is 47.3 Å². The molecular weight excluding hydrogens is 410 g/mol. The molecule has 2 aromatic carbocycles. The van der Waals surface area contributed by atoms with E-state index in [9.17, 15) is 14.9 Å². The van der Waals surface area contributed by atoms with Gasteiger partial charge in [-0.3, -0.25) is 24.4 Å². The minimum Gasteiger partial charge on any atom is -0.497 e. The summed E-state index contributed by atoms with van der Waals surface area (Å²) in [6.45, 7) is 7.55. The molecule has 0 bridgehead atoms.